The number of anilines is 1. The van der Waals surface area contributed by atoms with Gasteiger partial charge in [0.2, 0.25) is 0 Å². The van der Waals surface area contributed by atoms with Crippen LogP contribution < -0.4 is 5.32 Å². The Morgan fingerprint density at radius 1 is 1.25 bits per heavy atom. The molecule has 2 N–H and O–H groups in total. The van der Waals surface area contributed by atoms with E-state index in [1.54, 1.807) is 34.9 Å². The standard InChI is InChI=1S/C20H23ClF3N7S/c1-29(2)8-3-9-30-18(26-27-19(30)32)15-11-17-25-14(12-4-6-13(21)7-5-12)10-16(20(22,23)24)31(17)28-15/h4-7,11,14,16,25H,3,8-10H2,1-2H3,(H,27,32)/t14-,16-/m0/s1. The van der Waals surface area contributed by atoms with Crippen molar-refractivity contribution in [3.05, 3.63) is 45.7 Å². The quantitative estimate of drug-likeness (QED) is 0.477. The summed E-state index contributed by atoms with van der Waals surface area (Å²) in [6.45, 7) is 1.42. The van der Waals surface area contributed by atoms with Crippen molar-refractivity contribution in [2.75, 3.05) is 26.0 Å². The number of hydrogen-bond acceptors (Lipinski definition) is 5. The third kappa shape index (κ3) is 4.69. The van der Waals surface area contributed by atoms with Crippen LogP contribution in [0.25, 0.3) is 11.5 Å². The van der Waals surface area contributed by atoms with Gasteiger partial charge in [-0.3, -0.25) is 9.67 Å². The number of nitrogens with zero attached hydrogens (tertiary/aromatic N) is 5. The van der Waals surface area contributed by atoms with Gasteiger partial charge in [-0.2, -0.15) is 23.4 Å². The van der Waals surface area contributed by atoms with Gasteiger partial charge in [-0.25, -0.2) is 4.68 Å². The second-order valence-electron chi connectivity index (χ2n) is 8.06. The van der Waals surface area contributed by atoms with E-state index in [2.05, 4.69) is 20.6 Å². The lowest BCUT2D eigenvalue weighted by Crippen LogP contribution is -2.35. The van der Waals surface area contributed by atoms with Crippen LogP contribution in [0.4, 0.5) is 19.0 Å². The lowest BCUT2D eigenvalue weighted by Gasteiger charge is -2.33. The summed E-state index contributed by atoms with van der Waals surface area (Å²) in [5.74, 6) is 0.698. The fourth-order valence-electron chi connectivity index (χ4n) is 3.86. The molecule has 0 spiro atoms. The molecule has 0 radical (unpaired) electrons. The summed E-state index contributed by atoms with van der Waals surface area (Å²) in [5.41, 5.74) is 1.06. The largest absolute Gasteiger partial charge is 0.410 e. The van der Waals surface area contributed by atoms with Crippen molar-refractivity contribution >= 4 is 29.6 Å². The maximum Gasteiger partial charge on any atom is 0.410 e. The molecule has 0 saturated carbocycles. The van der Waals surface area contributed by atoms with E-state index >= 15 is 0 Å². The van der Waals surface area contributed by atoms with Crippen LogP contribution in [0.2, 0.25) is 5.02 Å². The Balaban J connectivity index is 1.69. The van der Waals surface area contributed by atoms with E-state index in [1.807, 2.05) is 19.0 Å². The van der Waals surface area contributed by atoms with Crippen molar-refractivity contribution in [2.24, 2.45) is 0 Å². The smallest absolute Gasteiger partial charge is 0.363 e. The third-order valence-corrected chi connectivity index (χ3v) is 6.00. The van der Waals surface area contributed by atoms with Crippen molar-refractivity contribution in [1.82, 2.24) is 29.4 Å². The maximum absolute atomic E-state index is 14.0. The Morgan fingerprint density at radius 2 is 1.97 bits per heavy atom. The third-order valence-electron chi connectivity index (χ3n) is 5.44. The lowest BCUT2D eigenvalue weighted by molar-refractivity contribution is -0.173. The van der Waals surface area contributed by atoms with Crippen LogP contribution in [-0.4, -0.2) is 56.3 Å². The van der Waals surface area contributed by atoms with Crippen LogP contribution >= 0.6 is 23.8 Å². The highest BCUT2D eigenvalue weighted by Gasteiger charge is 2.46. The molecule has 32 heavy (non-hydrogen) atoms. The summed E-state index contributed by atoms with van der Waals surface area (Å²) in [4.78, 5) is 2.05. The zero-order chi connectivity index (χ0) is 23.0. The van der Waals surface area contributed by atoms with Crippen molar-refractivity contribution in [1.29, 1.82) is 0 Å². The second kappa shape index (κ2) is 8.87. The van der Waals surface area contributed by atoms with Gasteiger partial charge >= 0.3 is 6.18 Å². The molecule has 172 valence electrons. The number of halogens is 4. The number of aromatic amines is 1. The first-order chi connectivity index (χ1) is 15.1. The molecule has 0 bridgehead atoms. The van der Waals surface area contributed by atoms with E-state index in [0.29, 0.717) is 27.9 Å². The minimum absolute atomic E-state index is 0.186. The summed E-state index contributed by atoms with van der Waals surface area (Å²) >= 11 is 11.3. The Bertz CT molecular complexity index is 1130. The van der Waals surface area contributed by atoms with Gasteiger partial charge < -0.3 is 10.2 Å². The normalized spacial score (nSPS) is 18.6. The molecule has 3 heterocycles. The summed E-state index contributed by atoms with van der Waals surface area (Å²) < 4.78 is 45.0. The predicted molar refractivity (Wildman–Crippen MR) is 119 cm³/mol. The SMILES string of the molecule is CN(C)CCCn1c(-c2cc3n(n2)[C@H](C(F)(F)F)C[C@@H](c2ccc(Cl)cc2)N3)n[nH]c1=S. The molecule has 2 atom stereocenters. The van der Waals surface area contributed by atoms with Crippen LogP contribution in [0.15, 0.2) is 30.3 Å². The van der Waals surface area contributed by atoms with Crippen LogP contribution in [0, 0.1) is 4.77 Å². The predicted octanol–water partition coefficient (Wildman–Crippen LogP) is 5.07. The molecule has 7 nitrogen and oxygen atoms in total. The van der Waals surface area contributed by atoms with E-state index in [-0.39, 0.29) is 12.2 Å². The van der Waals surface area contributed by atoms with Crippen molar-refractivity contribution in [3.8, 4) is 11.5 Å². The first kappa shape index (κ1) is 22.8. The zero-order valence-corrected chi connectivity index (χ0v) is 19.1. The molecule has 2 aromatic heterocycles. The van der Waals surface area contributed by atoms with Crippen LogP contribution in [0.3, 0.4) is 0 Å². The fraction of sp³-hybridized carbons (Fsp3) is 0.450. The molecule has 0 fully saturated rings. The number of rotatable bonds is 6. The van der Waals surface area contributed by atoms with Gasteiger partial charge in [-0.15, -0.1) is 0 Å². The number of alkyl halides is 3. The molecule has 1 aliphatic heterocycles. The van der Waals surface area contributed by atoms with Gasteiger partial charge in [0.05, 0.1) is 6.04 Å². The van der Waals surface area contributed by atoms with Gasteiger partial charge in [0.25, 0.3) is 0 Å². The summed E-state index contributed by atoms with van der Waals surface area (Å²) in [6, 6.07) is 6.10. The highest BCUT2D eigenvalue weighted by Crippen LogP contribution is 2.44. The molecular formula is C20H23ClF3N7S. The van der Waals surface area contributed by atoms with E-state index in [0.717, 1.165) is 23.2 Å². The number of hydrogen-bond donors (Lipinski definition) is 2. The van der Waals surface area contributed by atoms with Gasteiger partial charge in [0.1, 0.15) is 11.5 Å². The Labute approximate surface area is 193 Å². The van der Waals surface area contributed by atoms with Crippen LogP contribution in [-0.2, 0) is 6.54 Å². The lowest BCUT2D eigenvalue weighted by atomic mass is 9.97. The topological polar surface area (TPSA) is 66.7 Å². The molecule has 0 unspecified atom stereocenters. The highest BCUT2D eigenvalue weighted by molar-refractivity contribution is 7.71. The summed E-state index contributed by atoms with van der Waals surface area (Å²) in [5, 5.41) is 15.0. The molecule has 12 heteroatoms. The number of H-pyrrole nitrogens is 1. The fourth-order valence-corrected chi connectivity index (χ4v) is 4.21. The molecule has 4 rings (SSSR count). The molecule has 1 aliphatic rings. The molecule has 3 aromatic rings. The van der Waals surface area contributed by atoms with Gasteiger partial charge in [0, 0.05) is 24.1 Å². The average Bonchev–Trinajstić information content (AvgIpc) is 3.30. The number of aromatic nitrogens is 5. The molecule has 1 aromatic carbocycles. The summed E-state index contributed by atoms with van der Waals surface area (Å²) in [7, 11) is 3.94. The monoisotopic (exact) mass is 485 g/mol. The van der Waals surface area contributed by atoms with E-state index in [9.17, 15) is 13.2 Å². The van der Waals surface area contributed by atoms with Crippen LogP contribution in [0.1, 0.15) is 30.5 Å². The first-order valence-corrected chi connectivity index (χ1v) is 10.9. The Kier molecular flexibility index (Phi) is 6.33. The van der Waals surface area contributed by atoms with E-state index < -0.39 is 18.3 Å². The van der Waals surface area contributed by atoms with Gasteiger partial charge in [0.15, 0.2) is 16.6 Å². The minimum Gasteiger partial charge on any atom is -0.363 e. The Hall–Kier alpha value is -2.37. The zero-order valence-electron chi connectivity index (χ0n) is 17.5. The number of benzene rings is 1. The Morgan fingerprint density at radius 3 is 2.62 bits per heavy atom. The van der Waals surface area contributed by atoms with Crippen LogP contribution in [0.5, 0.6) is 0 Å². The van der Waals surface area contributed by atoms with Crippen molar-refractivity contribution < 1.29 is 13.2 Å². The maximum atomic E-state index is 14.0. The minimum atomic E-state index is -4.46. The van der Waals surface area contributed by atoms with E-state index in [4.69, 9.17) is 23.8 Å². The summed E-state index contributed by atoms with van der Waals surface area (Å²) in [6.07, 6.45) is -3.83. The highest BCUT2D eigenvalue weighted by atomic mass is 35.5. The van der Waals surface area contributed by atoms with Gasteiger partial charge in [-0.05, 0) is 57.0 Å². The molecular weight excluding hydrogens is 463 g/mol. The average molecular weight is 486 g/mol. The number of nitrogens with one attached hydrogen (secondary N) is 2. The van der Waals surface area contributed by atoms with Crippen molar-refractivity contribution in [2.45, 2.75) is 37.6 Å². The first-order valence-electron chi connectivity index (χ1n) is 10.1. The number of fused-ring (bicyclic) bond motifs is 1. The molecule has 0 saturated heterocycles. The molecule has 0 aliphatic carbocycles. The second-order valence-corrected chi connectivity index (χ2v) is 8.88. The van der Waals surface area contributed by atoms with E-state index in [1.165, 1.54) is 0 Å². The van der Waals surface area contributed by atoms with Crippen molar-refractivity contribution in [3.63, 3.8) is 0 Å². The van der Waals surface area contributed by atoms with Gasteiger partial charge in [-0.1, -0.05) is 23.7 Å². The molecule has 0 amide bonds.